The topological polar surface area (TPSA) is 73.0 Å². The van der Waals surface area contributed by atoms with Crippen LogP contribution in [0.3, 0.4) is 0 Å². The maximum atomic E-state index is 13.6. The lowest BCUT2D eigenvalue weighted by atomic mass is 9.80. The molecule has 0 unspecified atom stereocenters. The Kier molecular flexibility index (Phi) is 9.44. The van der Waals surface area contributed by atoms with E-state index in [1.807, 2.05) is 52.3 Å². The van der Waals surface area contributed by atoms with Gasteiger partial charge in [0, 0.05) is 63.2 Å². The van der Waals surface area contributed by atoms with Gasteiger partial charge in [0.25, 0.3) is 0 Å². The number of benzene rings is 2. The number of rotatable bonds is 8. The number of likely N-dealkylation sites (tertiary alicyclic amines) is 2. The lowest BCUT2D eigenvalue weighted by Crippen LogP contribution is -2.52. The number of nitrogens with one attached hydrogen (secondary N) is 1. The van der Waals surface area contributed by atoms with Gasteiger partial charge in [-0.05, 0) is 62.4 Å². The Bertz CT molecular complexity index is 1110. The molecule has 2 heterocycles. The van der Waals surface area contributed by atoms with E-state index in [4.69, 9.17) is 11.6 Å². The van der Waals surface area contributed by atoms with E-state index in [0.29, 0.717) is 37.5 Å². The third-order valence-electron chi connectivity index (χ3n) is 7.98. The van der Waals surface area contributed by atoms with Gasteiger partial charge in [0.05, 0.1) is 5.54 Å². The zero-order chi connectivity index (χ0) is 27.1. The summed E-state index contributed by atoms with van der Waals surface area (Å²) < 4.78 is 0. The molecule has 0 aromatic heterocycles. The fourth-order valence-electron chi connectivity index (χ4n) is 5.86. The summed E-state index contributed by atoms with van der Waals surface area (Å²) in [6, 6.07) is 17.7. The summed E-state index contributed by atoms with van der Waals surface area (Å²) in [5, 5.41) is 3.85. The Balaban J connectivity index is 1.37. The summed E-state index contributed by atoms with van der Waals surface area (Å²) in [6.45, 7) is 7.66. The van der Waals surface area contributed by atoms with Crippen LogP contribution in [0.15, 0.2) is 54.6 Å². The van der Waals surface area contributed by atoms with E-state index in [1.54, 1.807) is 13.8 Å². The summed E-state index contributed by atoms with van der Waals surface area (Å²) in [5.74, 6) is 0.0811. The molecule has 1 N–H and O–H groups in total. The summed E-state index contributed by atoms with van der Waals surface area (Å²) >= 11 is 6.28. The van der Waals surface area contributed by atoms with E-state index in [1.165, 1.54) is 0 Å². The Labute approximate surface area is 231 Å². The molecule has 2 aromatic carbocycles. The van der Waals surface area contributed by atoms with Crippen LogP contribution < -0.4 is 10.2 Å². The minimum absolute atomic E-state index is 0.00730. The number of halogens is 1. The Hall–Kier alpha value is -2.90. The van der Waals surface area contributed by atoms with E-state index >= 15 is 0 Å². The standard InChI is InChI=1S/C30H39ClN4O3/c1-23(36)32-30(26-8-4-3-5-9-26)14-20-33(21-15-30)16-7-17-35(28-11-6-10-27(31)22-28)29(38)25-12-18-34(19-13-25)24(2)37/h3-6,8-11,22,25H,7,12-21H2,1-2H3,(H,32,36). The molecule has 0 spiro atoms. The summed E-state index contributed by atoms with van der Waals surface area (Å²) in [6.07, 6.45) is 3.91. The molecule has 2 saturated heterocycles. The van der Waals surface area contributed by atoms with Crippen LogP contribution in [0.5, 0.6) is 0 Å². The maximum Gasteiger partial charge on any atom is 0.230 e. The van der Waals surface area contributed by atoms with Gasteiger partial charge in [0.2, 0.25) is 17.7 Å². The second kappa shape index (κ2) is 12.8. The first-order valence-corrected chi connectivity index (χ1v) is 14.0. The lowest BCUT2D eigenvalue weighted by molar-refractivity contribution is -0.133. The quantitative estimate of drug-likeness (QED) is 0.539. The van der Waals surface area contributed by atoms with E-state index in [2.05, 4.69) is 22.3 Å². The highest BCUT2D eigenvalue weighted by molar-refractivity contribution is 6.30. The van der Waals surface area contributed by atoms with Gasteiger partial charge in [-0.1, -0.05) is 48.0 Å². The van der Waals surface area contributed by atoms with Crippen molar-refractivity contribution >= 4 is 35.0 Å². The van der Waals surface area contributed by atoms with Crippen LogP contribution in [0, 0.1) is 5.92 Å². The largest absolute Gasteiger partial charge is 0.347 e. The number of anilines is 1. The highest BCUT2D eigenvalue weighted by Crippen LogP contribution is 2.33. The fraction of sp³-hybridized carbons (Fsp3) is 0.500. The molecule has 38 heavy (non-hydrogen) atoms. The van der Waals surface area contributed by atoms with Crippen molar-refractivity contribution in [2.24, 2.45) is 5.92 Å². The van der Waals surface area contributed by atoms with E-state index in [-0.39, 0.29) is 29.2 Å². The van der Waals surface area contributed by atoms with Crippen LogP contribution in [0.25, 0.3) is 0 Å². The molecule has 2 aliphatic rings. The molecule has 2 aliphatic heterocycles. The Morgan fingerprint density at radius 3 is 2.26 bits per heavy atom. The molecule has 0 radical (unpaired) electrons. The monoisotopic (exact) mass is 538 g/mol. The average molecular weight is 539 g/mol. The molecule has 8 heteroatoms. The molecule has 7 nitrogen and oxygen atoms in total. The Morgan fingerprint density at radius 1 is 0.974 bits per heavy atom. The van der Waals surface area contributed by atoms with Crippen molar-refractivity contribution in [1.82, 2.24) is 15.1 Å². The molecule has 0 saturated carbocycles. The van der Waals surface area contributed by atoms with Gasteiger partial charge >= 0.3 is 0 Å². The maximum absolute atomic E-state index is 13.6. The molecule has 4 rings (SSSR count). The van der Waals surface area contributed by atoms with Crippen molar-refractivity contribution in [3.63, 3.8) is 0 Å². The molecule has 2 fully saturated rings. The van der Waals surface area contributed by atoms with Gasteiger partial charge in [0.1, 0.15) is 0 Å². The van der Waals surface area contributed by atoms with Crippen LogP contribution in [0.4, 0.5) is 5.69 Å². The number of hydrogen-bond acceptors (Lipinski definition) is 4. The van der Waals surface area contributed by atoms with Crippen molar-refractivity contribution in [3.05, 3.63) is 65.2 Å². The molecule has 204 valence electrons. The van der Waals surface area contributed by atoms with Gasteiger partial charge in [-0.15, -0.1) is 0 Å². The van der Waals surface area contributed by atoms with Crippen LogP contribution >= 0.6 is 11.6 Å². The number of amides is 3. The minimum atomic E-state index is -0.332. The minimum Gasteiger partial charge on any atom is -0.347 e. The van der Waals surface area contributed by atoms with Crippen molar-refractivity contribution in [2.75, 3.05) is 44.2 Å². The second-order valence-electron chi connectivity index (χ2n) is 10.6. The number of piperidine rings is 2. The molecular weight excluding hydrogens is 500 g/mol. The lowest BCUT2D eigenvalue weighted by Gasteiger charge is -2.43. The molecule has 0 aliphatic carbocycles. The van der Waals surface area contributed by atoms with Crippen LogP contribution in [0.1, 0.15) is 51.5 Å². The molecule has 0 bridgehead atoms. The Morgan fingerprint density at radius 2 is 1.66 bits per heavy atom. The third-order valence-corrected chi connectivity index (χ3v) is 8.22. The zero-order valence-electron chi connectivity index (χ0n) is 22.5. The van der Waals surface area contributed by atoms with E-state index in [9.17, 15) is 14.4 Å². The zero-order valence-corrected chi connectivity index (χ0v) is 23.3. The van der Waals surface area contributed by atoms with Crippen LogP contribution in [-0.2, 0) is 19.9 Å². The van der Waals surface area contributed by atoms with E-state index < -0.39 is 0 Å². The molecular formula is C30H39ClN4O3. The summed E-state index contributed by atoms with van der Waals surface area (Å²) in [4.78, 5) is 43.5. The smallest absolute Gasteiger partial charge is 0.230 e. The highest BCUT2D eigenvalue weighted by Gasteiger charge is 2.37. The number of carbonyl (C=O) groups is 3. The number of hydrogen-bond donors (Lipinski definition) is 1. The predicted molar refractivity (Wildman–Crippen MR) is 151 cm³/mol. The second-order valence-corrected chi connectivity index (χ2v) is 11.0. The van der Waals surface area contributed by atoms with Crippen molar-refractivity contribution < 1.29 is 14.4 Å². The third kappa shape index (κ3) is 6.94. The summed E-state index contributed by atoms with van der Waals surface area (Å²) in [5.41, 5.74) is 1.65. The van der Waals surface area contributed by atoms with Gasteiger partial charge in [-0.25, -0.2) is 0 Å². The number of nitrogens with zero attached hydrogens (tertiary/aromatic N) is 3. The SMILES string of the molecule is CC(=O)NC1(c2ccccc2)CCN(CCCN(C(=O)C2CCN(C(C)=O)CC2)c2cccc(Cl)c2)CC1. The van der Waals surface area contributed by atoms with Crippen LogP contribution in [-0.4, -0.2) is 66.8 Å². The van der Waals surface area contributed by atoms with Crippen molar-refractivity contribution in [3.8, 4) is 0 Å². The van der Waals surface area contributed by atoms with Crippen molar-refractivity contribution in [2.45, 2.75) is 51.5 Å². The molecule has 0 atom stereocenters. The number of carbonyl (C=O) groups excluding carboxylic acids is 3. The summed E-state index contributed by atoms with van der Waals surface area (Å²) in [7, 11) is 0. The fourth-order valence-corrected chi connectivity index (χ4v) is 6.05. The molecule has 2 aromatic rings. The van der Waals surface area contributed by atoms with Crippen LogP contribution in [0.2, 0.25) is 5.02 Å². The van der Waals surface area contributed by atoms with Gasteiger partial charge in [-0.2, -0.15) is 0 Å². The highest BCUT2D eigenvalue weighted by atomic mass is 35.5. The first-order valence-electron chi connectivity index (χ1n) is 13.7. The van der Waals surface area contributed by atoms with E-state index in [0.717, 1.165) is 50.1 Å². The molecule has 3 amide bonds. The van der Waals surface area contributed by atoms with Gasteiger partial charge < -0.3 is 20.0 Å². The van der Waals surface area contributed by atoms with Crippen molar-refractivity contribution in [1.29, 1.82) is 0 Å². The normalized spacial score (nSPS) is 18.1. The first kappa shape index (κ1) is 28.1. The van der Waals surface area contributed by atoms with Gasteiger partial charge in [0.15, 0.2) is 0 Å². The van der Waals surface area contributed by atoms with Gasteiger partial charge in [-0.3, -0.25) is 14.4 Å². The predicted octanol–water partition coefficient (Wildman–Crippen LogP) is 4.45. The first-order chi connectivity index (χ1) is 18.3. The average Bonchev–Trinajstić information content (AvgIpc) is 2.92.